The van der Waals surface area contributed by atoms with Crippen LogP contribution in [-0.2, 0) is 13.1 Å². The lowest BCUT2D eigenvalue weighted by Gasteiger charge is -2.30. The number of fused-ring (bicyclic) bond motifs is 2. The Bertz CT molecular complexity index is 3150. The van der Waals surface area contributed by atoms with E-state index in [-0.39, 0.29) is 48.1 Å². The second-order valence-electron chi connectivity index (χ2n) is 16.7. The molecule has 19 nitrogen and oxygen atoms in total. The number of carboxylic acids is 1. The predicted molar refractivity (Wildman–Crippen MR) is 268 cm³/mol. The van der Waals surface area contributed by atoms with Gasteiger partial charge in [-0.1, -0.05) is 36.4 Å². The highest BCUT2D eigenvalue weighted by Crippen LogP contribution is 2.40. The fourth-order valence-corrected chi connectivity index (χ4v) is 8.09. The Kier molecular flexibility index (Phi) is 15.4. The van der Waals surface area contributed by atoms with Crippen molar-refractivity contribution in [2.45, 2.75) is 13.1 Å². The normalized spacial score (nSPS) is 12.8. The molecule has 0 unspecified atom stereocenters. The zero-order chi connectivity index (χ0) is 51.9. The number of anilines is 7. The van der Waals surface area contributed by atoms with Crippen molar-refractivity contribution in [2.75, 3.05) is 80.1 Å². The number of rotatable bonds is 15. The number of halogens is 4. The third kappa shape index (κ3) is 11.5. The molecule has 0 aliphatic carbocycles. The summed E-state index contributed by atoms with van der Waals surface area (Å²) in [6.07, 6.45) is 1.60. The molecule has 0 saturated carbocycles. The lowest BCUT2D eigenvalue weighted by Crippen LogP contribution is -2.43. The zero-order valence-electron chi connectivity index (χ0n) is 39.5. The number of carboxylic acid groups (broad SMARTS) is 1. The molecular formula is C49H46F4N14O5S. The number of hydrogen-bond donors (Lipinski definition) is 6. The summed E-state index contributed by atoms with van der Waals surface area (Å²) in [5.41, 5.74) is 2.35. The number of urea groups is 2. The number of carbonyl (C=O) groups excluding carboxylic acids is 3. The van der Waals surface area contributed by atoms with Gasteiger partial charge in [-0.2, -0.15) is 9.97 Å². The summed E-state index contributed by atoms with van der Waals surface area (Å²) in [6.45, 7) is 2.36. The van der Waals surface area contributed by atoms with Crippen molar-refractivity contribution in [3.8, 4) is 22.5 Å². The summed E-state index contributed by atoms with van der Waals surface area (Å²) in [4.78, 5) is 77.4. The Morgan fingerprint density at radius 3 is 1.45 bits per heavy atom. The summed E-state index contributed by atoms with van der Waals surface area (Å²) >= 11 is 1.31. The number of para-hydroxylation sites is 2. The van der Waals surface area contributed by atoms with Crippen molar-refractivity contribution < 1.29 is 41.8 Å². The van der Waals surface area contributed by atoms with Crippen LogP contribution in [-0.4, -0.2) is 118 Å². The van der Waals surface area contributed by atoms with E-state index in [4.69, 9.17) is 0 Å². The van der Waals surface area contributed by atoms with Gasteiger partial charge in [-0.05, 0) is 76.7 Å². The molecule has 4 aromatic carbocycles. The zero-order valence-corrected chi connectivity index (χ0v) is 40.3. The molecule has 5 amide bonds. The Hall–Kier alpha value is -8.61. The number of carbonyl (C=O) groups is 4. The number of aromatic carboxylic acids is 1. The minimum atomic E-state index is -1.07. The molecule has 9 rings (SSSR count). The molecule has 2 aliphatic heterocycles. The highest BCUT2D eigenvalue weighted by molar-refractivity contribution is 7.13. The molecule has 0 fully saturated rings. The predicted octanol–water partition coefficient (Wildman–Crippen LogP) is 7.92. The van der Waals surface area contributed by atoms with Crippen molar-refractivity contribution in [3.63, 3.8) is 0 Å². The topological polar surface area (TPSA) is 226 Å². The van der Waals surface area contributed by atoms with Gasteiger partial charge in [0.1, 0.15) is 34.6 Å². The Labute approximate surface area is 419 Å². The number of nitrogens with zero attached hydrogens (tertiary/aromatic N) is 9. The van der Waals surface area contributed by atoms with Gasteiger partial charge in [0.2, 0.25) is 11.9 Å². The lowest BCUT2D eigenvalue weighted by molar-refractivity contribution is 0.0696. The van der Waals surface area contributed by atoms with Crippen molar-refractivity contribution in [3.05, 3.63) is 142 Å². The number of aromatic nitrogens is 5. The molecule has 0 atom stereocenters. The first kappa shape index (κ1) is 50.8. The maximum absolute atomic E-state index is 14.8. The molecule has 73 heavy (non-hydrogen) atoms. The van der Waals surface area contributed by atoms with Crippen molar-refractivity contribution in [1.82, 2.24) is 45.4 Å². The highest BCUT2D eigenvalue weighted by atomic mass is 32.1. The van der Waals surface area contributed by atoms with Gasteiger partial charge in [-0.3, -0.25) is 10.1 Å². The Balaban J connectivity index is 0.000000197. The number of likely N-dealkylation sites (N-methyl/N-ethyl adjacent to an activating group) is 2. The van der Waals surface area contributed by atoms with Crippen molar-refractivity contribution in [1.29, 1.82) is 0 Å². The van der Waals surface area contributed by atoms with E-state index in [2.05, 4.69) is 51.5 Å². The number of benzene rings is 4. The minimum Gasteiger partial charge on any atom is -0.478 e. The third-order valence-corrected chi connectivity index (χ3v) is 11.8. The summed E-state index contributed by atoms with van der Waals surface area (Å²) in [6, 6.07) is 18.0. The van der Waals surface area contributed by atoms with Gasteiger partial charge >= 0.3 is 18.0 Å². The van der Waals surface area contributed by atoms with Crippen molar-refractivity contribution in [2.24, 2.45) is 0 Å². The average molecular weight is 1020 g/mol. The summed E-state index contributed by atoms with van der Waals surface area (Å²) in [7, 11) is 7.63. The smallest absolute Gasteiger partial charge is 0.335 e. The molecule has 0 saturated heterocycles. The second-order valence-corrected chi connectivity index (χ2v) is 17.6. The van der Waals surface area contributed by atoms with Crippen LogP contribution in [0.2, 0.25) is 0 Å². The van der Waals surface area contributed by atoms with Gasteiger partial charge < -0.3 is 36.2 Å². The SMILES string of the molecule is CN(C)CCNc1nc(-c2ccc(C(=O)Nc3nccs3)cc2)c2c(n1)N(c1c(F)cccc1F)C(=O)NC2.CN(C)CCNc1nc(-c2ccc(C(=O)O)cc2)c2c(n1)N(c1c(F)cccc1F)C(=O)NC2. The van der Waals surface area contributed by atoms with E-state index in [1.807, 2.05) is 38.0 Å². The first-order chi connectivity index (χ1) is 35.1. The number of amides is 5. The molecular weight excluding hydrogens is 973 g/mol. The average Bonchev–Trinajstić information content (AvgIpc) is 3.88. The minimum absolute atomic E-state index is 0.0226. The van der Waals surface area contributed by atoms with Gasteiger partial charge in [0.15, 0.2) is 16.8 Å². The van der Waals surface area contributed by atoms with Gasteiger partial charge in [-0.25, -0.2) is 56.7 Å². The van der Waals surface area contributed by atoms with Crippen LogP contribution in [0, 0.1) is 23.3 Å². The van der Waals surface area contributed by atoms with E-state index in [0.717, 1.165) is 34.1 Å². The van der Waals surface area contributed by atoms with Crippen LogP contribution in [0.3, 0.4) is 0 Å². The molecule has 5 heterocycles. The van der Waals surface area contributed by atoms with Crippen LogP contribution in [0.25, 0.3) is 22.5 Å². The molecule has 3 aromatic heterocycles. The molecule has 2 aliphatic rings. The molecule has 0 bridgehead atoms. The molecule has 7 aromatic rings. The first-order valence-corrected chi connectivity index (χ1v) is 23.2. The highest BCUT2D eigenvalue weighted by Gasteiger charge is 2.36. The fourth-order valence-electron chi connectivity index (χ4n) is 7.56. The lowest BCUT2D eigenvalue weighted by atomic mass is 10.0. The van der Waals surface area contributed by atoms with E-state index < -0.39 is 52.7 Å². The van der Waals surface area contributed by atoms with Crippen LogP contribution in [0.5, 0.6) is 0 Å². The van der Waals surface area contributed by atoms with Gasteiger partial charge in [-0.15, -0.1) is 11.3 Å². The largest absolute Gasteiger partial charge is 0.478 e. The third-order valence-electron chi connectivity index (χ3n) is 11.1. The second kappa shape index (κ2) is 22.2. The first-order valence-electron chi connectivity index (χ1n) is 22.4. The van der Waals surface area contributed by atoms with E-state index in [9.17, 15) is 41.8 Å². The van der Waals surface area contributed by atoms with E-state index >= 15 is 0 Å². The Morgan fingerprint density at radius 2 is 1.07 bits per heavy atom. The monoisotopic (exact) mass is 1020 g/mol. The van der Waals surface area contributed by atoms with Crippen LogP contribution < -0.4 is 36.4 Å². The number of thiazole rings is 1. The van der Waals surface area contributed by atoms with E-state index in [1.165, 1.54) is 35.6 Å². The molecule has 6 N–H and O–H groups in total. The van der Waals surface area contributed by atoms with E-state index in [1.54, 1.807) is 48.0 Å². The summed E-state index contributed by atoms with van der Waals surface area (Å²) in [5, 5.41) is 25.7. The van der Waals surface area contributed by atoms with Crippen LogP contribution in [0.15, 0.2) is 96.5 Å². The fraction of sp³-hybridized carbons (Fsp3) is 0.204. The van der Waals surface area contributed by atoms with Gasteiger partial charge in [0.05, 0.1) is 30.0 Å². The Morgan fingerprint density at radius 1 is 0.644 bits per heavy atom. The number of nitrogens with one attached hydrogen (secondary N) is 5. The van der Waals surface area contributed by atoms with E-state index in [0.29, 0.717) is 70.5 Å². The maximum Gasteiger partial charge on any atom is 0.335 e. The quantitative estimate of drug-likeness (QED) is 0.0537. The molecule has 24 heteroatoms. The van der Waals surface area contributed by atoms with Crippen LogP contribution in [0.4, 0.5) is 67.2 Å². The van der Waals surface area contributed by atoms with Gasteiger partial charge in [0, 0.05) is 65.6 Å². The summed E-state index contributed by atoms with van der Waals surface area (Å²) in [5.74, 6) is -4.60. The summed E-state index contributed by atoms with van der Waals surface area (Å²) < 4.78 is 58.9. The van der Waals surface area contributed by atoms with Gasteiger partial charge in [0.25, 0.3) is 5.91 Å². The van der Waals surface area contributed by atoms with Crippen LogP contribution in [0.1, 0.15) is 31.8 Å². The molecule has 376 valence electrons. The maximum atomic E-state index is 14.8. The standard InChI is InChI=1S/C26H24F2N8O2S.C23H22F2N6O3/c1-35(2)12-10-29-24-32-20(15-6-8-16(9-7-15)23(37)34-25-30-11-13-39-25)17-14-31-26(38)36(22(17)33-24)21-18(27)4-3-5-19(21)28;1-30(2)11-10-26-22-28-18(13-6-8-14(9-7-13)21(32)33)15-12-27-23(34)31(20(15)29-22)19-16(24)4-3-5-17(19)25/h3-9,11,13H,10,12,14H2,1-2H3,(H,31,38)(H,29,32,33)(H,30,34,37);3-9H,10-12H2,1-2H3,(H,27,34)(H,32,33)(H,26,28,29). The van der Waals surface area contributed by atoms with Crippen molar-refractivity contribution >= 4 is 75.3 Å². The number of hydrogen-bond acceptors (Lipinski definition) is 14. The van der Waals surface area contributed by atoms with Crippen LogP contribution >= 0.6 is 11.3 Å². The molecule has 0 spiro atoms. The molecule has 0 radical (unpaired) electrons.